The van der Waals surface area contributed by atoms with Crippen LogP contribution in [0.5, 0.6) is 5.75 Å². The molecule has 1 saturated heterocycles. The normalized spacial score (nSPS) is 19.1. The molecule has 0 bridgehead atoms. The van der Waals surface area contributed by atoms with Gasteiger partial charge in [0, 0.05) is 13.1 Å². The minimum Gasteiger partial charge on any atom is -0.492 e. The zero-order valence-corrected chi connectivity index (χ0v) is 12.8. The number of likely N-dealkylation sites (tertiary alicyclic amines) is 1. The van der Waals surface area contributed by atoms with Crippen molar-refractivity contribution in [3.05, 3.63) is 29.8 Å². The van der Waals surface area contributed by atoms with E-state index in [0.717, 1.165) is 37.2 Å². The quantitative estimate of drug-likeness (QED) is 0.828. The first kappa shape index (κ1) is 15.8. The number of carboxylic acid groups (broad SMARTS) is 1. The molecule has 5 heteroatoms. The molecular formula is C16H24N2O3. The highest BCUT2D eigenvalue weighted by Crippen LogP contribution is 2.21. The Labute approximate surface area is 126 Å². The van der Waals surface area contributed by atoms with Gasteiger partial charge in [0.25, 0.3) is 0 Å². The second kappa shape index (κ2) is 7.43. The van der Waals surface area contributed by atoms with Gasteiger partial charge in [0.15, 0.2) is 0 Å². The summed E-state index contributed by atoms with van der Waals surface area (Å²) in [6.07, 6.45) is 1.71. The zero-order valence-electron chi connectivity index (χ0n) is 12.8. The van der Waals surface area contributed by atoms with Crippen LogP contribution in [0.2, 0.25) is 0 Å². The smallest absolute Gasteiger partial charge is 0.320 e. The molecule has 1 atom stereocenters. The van der Waals surface area contributed by atoms with Crippen molar-refractivity contribution < 1.29 is 14.6 Å². The molecule has 1 heterocycles. The van der Waals surface area contributed by atoms with Crippen LogP contribution in [0.15, 0.2) is 24.3 Å². The van der Waals surface area contributed by atoms with Crippen LogP contribution in [0.4, 0.5) is 0 Å². The maximum absolute atomic E-state index is 11.2. The molecule has 0 aromatic heterocycles. The molecule has 1 aliphatic rings. The molecule has 21 heavy (non-hydrogen) atoms. The SMILES string of the molecule is CN(C)CCOc1ccc(CN2CCCC2C(=O)O)cc1. The number of carbonyl (C=O) groups is 1. The Morgan fingerprint density at radius 1 is 1.38 bits per heavy atom. The summed E-state index contributed by atoms with van der Waals surface area (Å²) in [5, 5.41) is 9.18. The molecule has 0 radical (unpaired) electrons. The maximum atomic E-state index is 11.2. The molecule has 116 valence electrons. The third kappa shape index (κ3) is 4.72. The largest absolute Gasteiger partial charge is 0.492 e. The number of hydrogen-bond donors (Lipinski definition) is 1. The van der Waals surface area contributed by atoms with E-state index in [1.807, 2.05) is 43.3 Å². The monoisotopic (exact) mass is 292 g/mol. The van der Waals surface area contributed by atoms with Crippen LogP contribution < -0.4 is 4.74 Å². The van der Waals surface area contributed by atoms with Gasteiger partial charge in [-0.15, -0.1) is 0 Å². The molecule has 1 aliphatic heterocycles. The van der Waals surface area contributed by atoms with Gasteiger partial charge in [-0.1, -0.05) is 12.1 Å². The van der Waals surface area contributed by atoms with E-state index in [1.165, 1.54) is 0 Å². The number of aliphatic carboxylic acids is 1. The van der Waals surface area contributed by atoms with E-state index in [4.69, 9.17) is 4.74 Å². The van der Waals surface area contributed by atoms with Crippen molar-refractivity contribution >= 4 is 5.97 Å². The van der Waals surface area contributed by atoms with Gasteiger partial charge in [0.1, 0.15) is 18.4 Å². The van der Waals surface area contributed by atoms with Gasteiger partial charge in [0.2, 0.25) is 0 Å². The van der Waals surface area contributed by atoms with Gasteiger partial charge in [0.05, 0.1) is 0 Å². The summed E-state index contributed by atoms with van der Waals surface area (Å²) in [7, 11) is 4.03. The number of likely N-dealkylation sites (N-methyl/N-ethyl adjacent to an activating group) is 1. The summed E-state index contributed by atoms with van der Waals surface area (Å²) in [6, 6.07) is 7.61. The molecule has 0 spiro atoms. The standard InChI is InChI=1S/C16H24N2O3/c1-17(2)10-11-21-14-7-5-13(6-8-14)12-18-9-3-4-15(18)16(19)20/h5-8,15H,3-4,9-12H2,1-2H3,(H,19,20). The highest BCUT2D eigenvalue weighted by Gasteiger charge is 2.30. The van der Waals surface area contributed by atoms with Gasteiger partial charge < -0.3 is 14.7 Å². The number of hydrogen-bond acceptors (Lipinski definition) is 4. The van der Waals surface area contributed by atoms with E-state index in [9.17, 15) is 9.90 Å². The lowest BCUT2D eigenvalue weighted by Gasteiger charge is -2.21. The fourth-order valence-corrected chi connectivity index (χ4v) is 2.57. The van der Waals surface area contributed by atoms with Crippen molar-refractivity contribution in [1.29, 1.82) is 0 Å². The van der Waals surface area contributed by atoms with E-state index in [1.54, 1.807) is 0 Å². The first-order valence-corrected chi connectivity index (χ1v) is 7.39. The predicted molar refractivity (Wildman–Crippen MR) is 81.6 cm³/mol. The fourth-order valence-electron chi connectivity index (χ4n) is 2.57. The molecule has 5 nitrogen and oxygen atoms in total. The third-order valence-electron chi connectivity index (χ3n) is 3.76. The lowest BCUT2D eigenvalue weighted by molar-refractivity contribution is -0.142. The second-order valence-corrected chi connectivity index (χ2v) is 5.76. The lowest BCUT2D eigenvalue weighted by Crippen LogP contribution is -2.35. The molecule has 1 aromatic carbocycles. The number of benzene rings is 1. The van der Waals surface area contributed by atoms with Gasteiger partial charge in [-0.3, -0.25) is 9.69 Å². The summed E-state index contributed by atoms with van der Waals surface area (Å²) >= 11 is 0. The first-order chi connectivity index (χ1) is 10.1. The topological polar surface area (TPSA) is 53.0 Å². The Morgan fingerprint density at radius 3 is 2.71 bits per heavy atom. The lowest BCUT2D eigenvalue weighted by atomic mass is 10.2. The van der Waals surface area contributed by atoms with Crippen molar-refractivity contribution in [1.82, 2.24) is 9.80 Å². The summed E-state index contributed by atoms with van der Waals surface area (Å²) in [4.78, 5) is 15.3. The zero-order chi connectivity index (χ0) is 15.2. The summed E-state index contributed by atoms with van der Waals surface area (Å²) in [5.74, 6) is 0.146. The van der Waals surface area contributed by atoms with Crippen LogP contribution in [-0.2, 0) is 11.3 Å². The molecule has 1 fully saturated rings. The minimum atomic E-state index is -0.712. The highest BCUT2D eigenvalue weighted by molar-refractivity contribution is 5.73. The fraction of sp³-hybridized carbons (Fsp3) is 0.562. The van der Waals surface area contributed by atoms with Gasteiger partial charge >= 0.3 is 5.97 Å². The average molecular weight is 292 g/mol. The number of nitrogens with zero attached hydrogens (tertiary/aromatic N) is 2. The molecule has 0 amide bonds. The number of rotatable bonds is 7. The van der Waals surface area contributed by atoms with E-state index in [0.29, 0.717) is 13.2 Å². The van der Waals surface area contributed by atoms with Crippen molar-refractivity contribution in [2.24, 2.45) is 0 Å². The van der Waals surface area contributed by atoms with Crippen LogP contribution in [0.25, 0.3) is 0 Å². The second-order valence-electron chi connectivity index (χ2n) is 5.76. The molecule has 0 saturated carbocycles. The van der Waals surface area contributed by atoms with Crippen LogP contribution in [0.3, 0.4) is 0 Å². The molecule has 2 rings (SSSR count). The molecule has 1 aromatic rings. The van der Waals surface area contributed by atoms with Crippen molar-refractivity contribution in [2.45, 2.75) is 25.4 Å². The first-order valence-electron chi connectivity index (χ1n) is 7.39. The minimum absolute atomic E-state index is 0.332. The van der Waals surface area contributed by atoms with Crippen LogP contribution in [0, 0.1) is 0 Å². The summed E-state index contributed by atoms with van der Waals surface area (Å²) in [5.41, 5.74) is 1.13. The Balaban J connectivity index is 1.86. The molecule has 1 N–H and O–H groups in total. The van der Waals surface area contributed by atoms with E-state index in [-0.39, 0.29) is 6.04 Å². The summed E-state index contributed by atoms with van der Waals surface area (Å²) < 4.78 is 5.65. The Morgan fingerprint density at radius 2 is 2.10 bits per heavy atom. The Kier molecular flexibility index (Phi) is 5.59. The number of ether oxygens (including phenoxy) is 1. The molecular weight excluding hydrogens is 268 g/mol. The number of carboxylic acids is 1. The van der Waals surface area contributed by atoms with Gasteiger partial charge in [-0.05, 0) is 51.2 Å². The molecule has 0 aliphatic carbocycles. The van der Waals surface area contributed by atoms with E-state index >= 15 is 0 Å². The van der Waals surface area contributed by atoms with E-state index < -0.39 is 5.97 Å². The van der Waals surface area contributed by atoms with Crippen LogP contribution >= 0.6 is 0 Å². The maximum Gasteiger partial charge on any atom is 0.320 e. The summed E-state index contributed by atoms with van der Waals surface area (Å²) in [6.45, 7) is 3.10. The van der Waals surface area contributed by atoms with Crippen LogP contribution in [0.1, 0.15) is 18.4 Å². The average Bonchev–Trinajstić information content (AvgIpc) is 2.89. The van der Waals surface area contributed by atoms with Gasteiger partial charge in [-0.2, -0.15) is 0 Å². The Hall–Kier alpha value is -1.59. The van der Waals surface area contributed by atoms with Crippen LogP contribution in [-0.4, -0.2) is 60.7 Å². The van der Waals surface area contributed by atoms with Crippen molar-refractivity contribution in [3.8, 4) is 5.75 Å². The Bertz CT molecular complexity index is 459. The van der Waals surface area contributed by atoms with Crippen molar-refractivity contribution in [2.75, 3.05) is 33.8 Å². The van der Waals surface area contributed by atoms with Crippen molar-refractivity contribution in [3.63, 3.8) is 0 Å². The molecule has 1 unspecified atom stereocenters. The van der Waals surface area contributed by atoms with E-state index in [2.05, 4.69) is 4.90 Å². The highest BCUT2D eigenvalue weighted by atomic mass is 16.5. The van der Waals surface area contributed by atoms with Gasteiger partial charge in [-0.25, -0.2) is 0 Å². The third-order valence-corrected chi connectivity index (χ3v) is 3.76. The predicted octanol–water partition coefficient (Wildman–Crippen LogP) is 1.68.